The number of pyridine rings is 1. The molecule has 0 spiro atoms. The van der Waals surface area contributed by atoms with Crippen LogP contribution in [0.2, 0.25) is 0 Å². The van der Waals surface area contributed by atoms with Crippen molar-refractivity contribution in [1.29, 1.82) is 0 Å². The lowest BCUT2D eigenvalue weighted by atomic mass is 10.1. The smallest absolute Gasteiger partial charge is 0.271 e. The van der Waals surface area contributed by atoms with Gasteiger partial charge >= 0.3 is 0 Å². The van der Waals surface area contributed by atoms with E-state index in [0.29, 0.717) is 12.1 Å². The molecule has 0 aliphatic carbocycles. The van der Waals surface area contributed by atoms with Crippen LogP contribution < -0.4 is 22.1 Å². The molecule has 2 heterocycles. The molecule has 1 unspecified atom stereocenters. The Morgan fingerprint density at radius 2 is 1.78 bits per heavy atom. The number of nitrogens with one attached hydrogen (secondary N) is 2. The largest absolute Gasteiger partial charge is 0.368 e. The number of carbonyl (C=O) groups excluding carboxylic acids is 2. The lowest BCUT2D eigenvalue weighted by Crippen LogP contribution is -2.37. The molecule has 0 radical (unpaired) electrons. The van der Waals surface area contributed by atoms with E-state index < -0.39 is 17.9 Å². The van der Waals surface area contributed by atoms with Crippen LogP contribution in [-0.4, -0.2) is 32.8 Å². The molecular formula is C23H21N7O2. The van der Waals surface area contributed by atoms with Crippen LogP contribution >= 0.6 is 0 Å². The van der Waals surface area contributed by atoms with E-state index in [1.54, 1.807) is 6.20 Å². The zero-order valence-electron chi connectivity index (χ0n) is 17.0. The molecule has 0 saturated carbocycles. The topological polar surface area (TPSA) is 149 Å². The second-order valence-electron chi connectivity index (χ2n) is 7.14. The van der Waals surface area contributed by atoms with Gasteiger partial charge in [-0.2, -0.15) is 0 Å². The molecular weight excluding hydrogens is 406 g/mol. The molecule has 9 nitrogen and oxygen atoms in total. The summed E-state index contributed by atoms with van der Waals surface area (Å²) in [4.78, 5) is 36.7. The highest BCUT2D eigenvalue weighted by molar-refractivity contribution is 5.97. The Morgan fingerprint density at radius 1 is 0.969 bits per heavy atom. The number of carbonyl (C=O) groups is 2. The molecule has 160 valence electrons. The van der Waals surface area contributed by atoms with Gasteiger partial charge in [0.1, 0.15) is 11.9 Å². The van der Waals surface area contributed by atoms with Crippen molar-refractivity contribution in [2.45, 2.75) is 12.5 Å². The summed E-state index contributed by atoms with van der Waals surface area (Å²) in [6.45, 7) is 0. The number of benzene rings is 2. The maximum absolute atomic E-state index is 12.0. The van der Waals surface area contributed by atoms with E-state index in [1.165, 1.54) is 6.20 Å². The van der Waals surface area contributed by atoms with E-state index in [-0.39, 0.29) is 17.3 Å². The maximum Gasteiger partial charge on any atom is 0.271 e. The van der Waals surface area contributed by atoms with Crippen molar-refractivity contribution in [3.05, 3.63) is 84.3 Å². The lowest BCUT2D eigenvalue weighted by molar-refractivity contribution is -0.118. The number of rotatable bonds is 8. The first-order valence-corrected chi connectivity index (χ1v) is 9.88. The minimum absolute atomic E-state index is 0.0273. The van der Waals surface area contributed by atoms with Crippen LogP contribution in [0.5, 0.6) is 0 Å². The highest BCUT2D eigenvalue weighted by Crippen LogP contribution is 2.23. The third-order valence-corrected chi connectivity index (χ3v) is 4.82. The fourth-order valence-electron chi connectivity index (χ4n) is 3.27. The summed E-state index contributed by atoms with van der Waals surface area (Å²) in [7, 11) is 0. The second-order valence-corrected chi connectivity index (χ2v) is 7.14. The van der Waals surface area contributed by atoms with Crippen LogP contribution in [0.1, 0.15) is 16.1 Å². The molecule has 0 saturated heterocycles. The number of hydrogen-bond acceptors (Lipinski definition) is 7. The molecule has 0 fully saturated rings. The Hall–Kier alpha value is -4.53. The van der Waals surface area contributed by atoms with Crippen LogP contribution in [0.25, 0.3) is 10.9 Å². The van der Waals surface area contributed by atoms with Crippen molar-refractivity contribution in [2.24, 2.45) is 11.5 Å². The van der Waals surface area contributed by atoms with Gasteiger partial charge in [-0.25, -0.2) is 9.97 Å². The summed E-state index contributed by atoms with van der Waals surface area (Å²) in [6.07, 6.45) is 3.43. The standard InChI is InChI=1S/C23H21N7O2/c24-21(31)18(11-14-5-2-1-3-6-14)29-19-13-27-20(22(25)32)23(30-19)28-16-8-9-17-15(12-16)7-4-10-26-17/h1-10,12-13,18H,11H2,(H2,24,31)(H2,25,32)(H2,28,29,30). The molecule has 0 bridgehead atoms. The second kappa shape index (κ2) is 9.09. The van der Waals surface area contributed by atoms with Crippen LogP contribution in [-0.2, 0) is 11.2 Å². The van der Waals surface area contributed by atoms with Crippen LogP contribution in [0.3, 0.4) is 0 Å². The van der Waals surface area contributed by atoms with Crippen molar-refractivity contribution < 1.29 is 9.59 Å². The summed E-state index contributed by atoms with van der Waals surface area (Å²) in [5, 5.41) is 6.99. The Morgan fingerprint density at radius 3 is 2.53 bits per heavy atom. The summed E-state index contributed by atoms with van der Waals surface area (Å²) >= 11 is 0. The Labute approximate surface area is 183 Å². The molecule has 2 amide bonds. The number of aromatic nitrogens is 3. The van der Waals surface area contributed by atoms with Gasteiger partial charge in [0.15, 0.2) is 11.5 Å². The summed E-state index contributed by atoms with van der Waals surface area (Å²) < 4.78 is 0. The Kier molecular flexibility index (Phi) is 5.89. The first kappa shape index (κ1) is 20.7. The number of anilines is 3. The van der Waals surface area contributed by atoms with Gasteiger partial charge in [-0.1, -0.05) is 36.4 Å². The van der Waals surface area contributed by atoms with Crippen molar-refractivity contribution in [2.75, 3.05) is 10.6 Å². The summed E-state index contributed by atoms with van der Waals surface area (Å²) in [5.41, 5.74) is 13.5. The van der Waals surface area contributed by atoms with E-state index >= 15 is 0 Å². The minimum Gasteiger partial charge on any atom is -0.368 e. The molecule has 32 heavy (non-hydrogen) atoms. The number of amides is 2. The Bertz CT molecular complexity index is 1280. The molecule has 1 atom stereocenters. The number of primary amides is 2. The lowest BCUT2D eigenvalue weighted by Gasteiger charge is -2.17. The Balaban J connectivity index is 1.61. The van der Waals surface area contributed by atoms with Gasteiger partial charge in [0.05, 0.1) is 11.7 Å². The van der Waals surface area contributed by atoms with Crippen molar-refractivity contribution in [3.8, 4) is 0 Å². The average Bonchev–Trinajstić information content (AvgIpc) is 2.79. The number of nitrogens with zero attached hydrogens (tertiary/aromatic N) is 3. The monoisotopic (exact) mass is 427 g/mol. The van der Waals surface area contributed by atoms with Crippen LogP contribution in [0.15, 0.2) is 73.1 Å². The van der Waals surface area contributed by atoms with E-state index in [4.69, 9.17) is 11.5 Å². The fraction of sp³-hybridized carbons (Fsp3) is 0.0870. The summed E-state index contributed by atoms with van der Waals surface area (Å²) in [6, 6.07) is 18.0. The van der Waals surface area contributed by atoms with Crippen molar-refractivity contribution >= 4 is 40.0 Å². The molecule has 0 aliphatic heterocycles. The van der Waals surface area contributed by atoms with Gasteiger partial charge in [-0.3, -0.25) is 14.6 Å². The van der Waals surface area contributed by atoms with Gasteiger partial charge in [0, 0.05) is 23.7 Å². The molecule has 6 N–H and O–H groups in total. The van der Waals surface area contributed by atoms with E-state index in [0.717, 1.165) is 16.5 Å². The highest BCUT2D eigenvalue weighted by atomic mass is 16.1. The zero-order valence-corrected chi connectivity index (χ0v) is 17.0. The molecule has 2 aromatic carbocycles. The zero-order chi connectivity index (χ0) is 22.5. The van der Waals surface area contributed by atoms with E-state index in [2.05, 4.69) is 25.6 Å². The van der Waals surface area contributed by atoms with Gasteiger partial charge in [0.25, 0.3) is 5.91 Å². The normalized spacial score (nSPS) is 11.6. The quantitative estimate of drug-likeness (QED) is 0.337. The van der Waals surface area contributed by atoms with Gasteiger partial charge < -0.3 is 22.1 Å². The van der Waals surface area contributed by atoms with Gasteiger partial charge in [0.2, 0.25) is 5.91 Å². The number of nitrogens with two attached hydrogens (primary N) is 2. The maximum atomic E-state index is 12.0. The first-order valence-electron chi connectivity index (χ1n) is 9.88. The predicted molar refractivity (Wildman–Crippen MR) is 122 cm³/mol. The first-order chi connectivity index (χ1) is 15.5. The number of hydrogen-bond donors (Lipinski definition) is 4. The summed E-state index contributed by atoms with van der Waals surface area (Å²) in [5.74, 6) is -0.829. The molecule has 9 heteroatoms. The fourth-order valence-corrected chi connectivity index (χ4v) is 3.27. The predicted octanol–water partition coefficient (Wildman–Crippen LogP) is 2.38. The van der Waals surface area contributed by atoms with Crippen molar-refractivity contribution in [1.82, 2.24) is 15.0 Å². The minimum atomic E-state index is -0.732. The molecule has 4 aromatic rings. The molecule has 0 aliphatic rings. The van der Waals surface area contributed by atoms with Crippen molar-refractivity contribution in [3.63, 3.8) is 0 Å². The third-order valence-electron chi connectivity index (χ3n) is 4.82. The van der Waals surface area contributed by atoms with E-state index in [1.807, 2.05) is 60.7 Å². The van der Waals surface area contributed by atoms with Gasteiger partial charge in [-0.05, 0) is 29.8 Å². The van der Waals surface area contributed by atoms with Crippen LogP contribution in [0, 0.1) is 0 Å². The van der Waals surface area contributed by atoms with Gasteiger partial charge in [-0.15, -0.1) is 0 Å². The highest BCUT2D eigenvalue weighted by Gasteiger charge is 2.19. The molecule has 2 aromatic heterocycles. The third kappa shape index (κ3) is 4.78. The molecule has 4 rings (SSSR count). The average molecular weight is 427 g/mol. The number of fused-ring (bicyclic) bond motifs is 1. The van der Waals surface area contributed by atoms with Crippen LogP contribution in [0.4, 0.5) is 17.3 Å². The van der Waals surface area contributed by atoms with E-state index in [9.17, 15) is 9.59 Å². The SMILES string of the molecule is NC(=O)c1ncc(NC(Cc2ccccc2)C(N)=O)nc1Nc1ccc2ncccc2c1.